The third kappa shape index (κ3) is 3.52. The lowest BCUT2D eigenvalue weighted by molar-refractivity contribution is 0.661. The molecule has 0 bridgehead atoms. The Bertz CT molecular complexity index is 2050. The summed E-state index contributed by atoms with van der Waals surface area (Å²) in [6.07, 6.45) is 0. The Morgan fingerprint density at radius 3 is 2.05 bits per heavy atom. The van der Waals surface area contributed by atoms with E-state index in [0.29, 0.717) is 0 Å². The number of hydrogen-bond donors (Lipinski definition) is 0. The minimum atomic E-state index is 0.126. The van der Waals surface area contributed by atoms with Crippen LogP contribution in [0.5, 0.6) is 0 Å². The molecule has 7 aromatic rings. The van der Waals surface area contributed by atoms with Crippen molar-refractivity contribution in [3.63, 3.8) is 0 Å². The SMILES string of the molecule is Brc1ccccc1-c1cccc(-c2ccc3c(c2)-c2ccccc2C3c2cccc3c2oc2ccccc23)c1. The molecule has 0 saturated heterocycles. The van der Waals surface area contributed by atoms with E-state index in [0.717, 1.165) is 15.6 Å². The van der Waals surface area contributed by atoms with Crippen LogP contribution in [-0.2, 0) is 0 Å². The summed E-state index contributed by atoms with van der Waals surface area (Å²) < 4.78 is 7.58. The van der Waals surface area contributed by atoms with Gasteiger partial charge >= 0.3 is 0 Å². The van der Waals surface area contributed by atoms with Crippen molar-refractivity contribution in [1.29, 1.82) is 0 Å². The fraction of sp³-hybridized carbons (Fsp3) is 0.0270. The third-order valence-corrected chi connectivity index (χ3v) is 8.74. The smallest absolute Gasteiger partial charge is 0.139 e. The van der Waals surface area contributed by atoms with Crippen LogP contribution >= 0.6 is 15.9 Å². The summed E-state index contributed by atoms with van der Waals surface area (Å²) in [6.45, 7) is 0. The molecule has 6 aromatic carbocycles. The second-order valence-electron chi connectivity index (χ2n) is 10.2. The molecule has 39 heavy (non-hydrogen) atoms. The summed E-state index contributed by atoms with van der Waals surface area (Å²) in [7, 11) is 0. The quantitative estimate of drug-likeness (QED) is 0.208. The van der Waals surface area contributed by atoms with E-state index >= 15 is 0 Å². The Morgan fingerprint density at radius 1 is 0.462 bits per heavy atom. The topological polar surface area (TPSA) is 13.1 Å². The van der Waals surface area contributed by atoms with Gasteiger partial charge in [0.1, 0.15) is 11.2 Å². The molecule has 0 N–H and O–H groups in total. The van der Waals surface area contributed by atoms with Crippen LogP contribution in [0.3, 0.4) is 0 Å². The lowest BCUT2D eigenvalue weighted by Crippen LogP contribution is -1.99. The molecular formula is C37H23BrO. The molecule has 1 nitrogen and oxygen atoms in total. The average molecular weight is 563 g/mol. The van der Waals surface area contributed by atoms with Gasteiger partial charge in [0.05, 0.1) is 0 Å². The molecule has 184 valence electrons. The Kier molecular flexibility index (Phi) is 5.11. The fourth-order valence-corrected chi connectivity index (χ4v) is 6.79. The molecule has 1 aliphatic rings. The van der Waals surface area contributed by atoms with E-state index in [-0.39, 0.29) is 5.92 Å². The van der Waals surface area contributed by atoms with Crippen molar-refractivity contribution in [2.24, 2.45) is 0 Å². The Balaban J connectivity index is 1.30. The van der Waals surface area contributed by atoms with Crippen molar-refractivity contribution in [3.8, 4) is 33.4 Å². The molecule has 0 amide bonds. The van der Waals surface area contributed by atoms with Gasteiger partial charge in [-0.2, -0.15) is 0 Å². The number of fused-ring (bicyclic) bond motifs is 6. The molecule has 1 heterocycles. The first kappa shape index (κ1) is 22.6. The molecule has 2 heteroatoms. The largest absolute Gasteiger partial charge is 0.456 e. The van der Waals surface area contributed by atoms with Gasteiger partial charge in [0, 0.05) is 26.7 Å². The summed E-state index contributed by atoms with van der Waals surface area (Å²) in [4.78, 5) is 0. The van der Waals surface area contributed by atoms with Crippen LogP contribution < -0.4 is 0 Å². The molecule has 0 saturated carbocycles. The zero-order valence-corrected chi connectivity index (χ0v) is 22.7. The summed E-state index contributed by atoms with van der Waals surface area (Å²) in [5, 5.41) is 2.34. The maximum absolute atomic E-state index is 6.48. The van der Waals surface area contributed by atoms with Crippen molar-refractivity contribution in [1.82, 2.24) is 0 Å². The monoisotopic (exact) mass is 562 g/mol. The zero-order valence-electron chi connectivity index (χ0n) is 21.1. The van der Waals surface area contributed by atoms with E-state index in [4.69, 9.17) is 4.42 Å². The standard InChI is InChI=1S/C37H23BrO/c38-34-17-5-3-11-26(34)25-10-7-9-23(21-25)24-19-20-30-33(22-24)27-12-1-2-14-29(27)36(30)32-16-8-15-31-28-13-4-6-18-35(28)39-37(31)32/h1-22,36H. The van der Waals surface area contributed by atoms with Gasteiger partial charge in [-0.05, 0) is 68.8 Å². The number of para-hydroxylation sites is 2. The summed E-state index contributed by atoms with van der Waals surface area (Å²) in [5.74, 6) is 0.126. The molecular weight excluding hydrogens is 540 g/mol. The van der Waals surface area contributed by atoms with Crippen molar-refractivity contribution in [2.75, 3.05) is 0 Å². The molecule has 8 rings (SSSR count). The van der Waals surface area contributed by atoms with E-state index < -0.39 is 0 Å². The number of rotatable bonds is 3. The maximum atomic E-state index is 6.48. The van der Waals surface area contributed by atoms with Gasteiger partial charge in [0.2, 0.25) is 0 Å². The molecule has 1 aliphatic carbocycles. The molecule has 1 atom stereocenters. The third-order valence-electron chi connectivity index (χ3n) is 8.05. The number of furan rings is 1. The van der Waals surface area contributed by atoms with E-state index in [1.54, 1.807) is 0 Å². The number of halogens is 1. The highest BCUT2D eigenvalue weighted by molar-refractivity contribution is 9.10. The van der Waals surface area contributed by atoms with Gasteiger partial charge in [0.15, 0.2) is 0 Å². The highest BCUT2D eigenvalue weighted by atomic mass is 79.9. The fourth-order valence-electron chi connectivity index (χ4n) is 6.28. The van der Waals surface area contributed by atoms with Crippen molar-refractivity contribution in [2.45, 2.75) is 5.92 Å². The molecule has 1 aromatic heterocycles. The van der Waals surface area contributed by atoms with Crippen LogP contribution in [0.2, 0.25) is 0 Å². The van der Waals surface area contributed by atoms with Crippen molar-refractivity contribution in [3.05, 3.63) is 155 Å². The van der Waals surface area contributed by atoms with Gasteiger partial charge in [-0.3, -0.25) is 0 Å². The van der Waals surface area contributed by atoms with Crippen LogP contribution in [0.15, 0.2) is 142 Å². The van der Waals surface area contributed by atoms with E-state index in [2.05, 4.69) is 143 Å². The minimum Gasteiger partial charge on any atom is -0.456 e. The first-order chi connectivity index (χ1) is 19.3. The van der Waals surface area contributed by atoms with Crippen molar-refractivity contribution < 1.29 is 4.42 Å². The molecule has 0 radical (unpaired) electrons. The minimum absolute atomic E-state index is 0.126. The van der Waals surface area contributed by atoms with Crippen molar-refractivity contribution >= 4 is 37.9 Å². The summed E-state index contributed by atoms with van der Waals surface area (Å²) in [6, 6.07) is 47.9. The number of hydrogen-bond acceptors (Lipinski definition) is 1. The van der Waals surface area contributed by atoms with Gasteiger partial charge in [-0.25, -0.2) is 0 Å². The first-order valence-electron chi connectivity index (χ1n) is 13.2. The Labute approximate surface area is 235 Å². The average Bonchev–Trinajstić information content (AvgIpc) is 3.53. The Morgan fingerprint density at radius 2 is 1.13 bits per heavy atom. The Hall–Kier alpha value is -4.40. The predicted molar refractivity (Wildman–Crippen MR) is 165 cm³/mol. The van der Waals surface area contributed by atoms with E-state index in [1.165, 1.54) is 60.8 Å². The summed E-state index contributed by atoms with van der Waals surface area (Å²) >= 11 is 3.72. The molecule has 0 fully saturated rings. The highest BCUT2D eigenvalue weighted by Gasteiger charge is 2.32. The number of benzene rings is 6. The molecule has 0 spiro atoms. The lowest BCUT2D eigenvalue weighted by atomic mass is 9.87. The van der Waals surface area contributed by atoms with Gasteiger partial charge in [-0.15, -0.1) is 0 Å². The van der Waals surface area contributed by atoms with Crippen LogP contribution in [0.25, 0.3) is 55.3 Å². The normalized spacial score (nSPS) is 14.0. The summed E-state index contributed by atoms with van der Waals surface area (Å²) in [5.41, 5.74) is 13.2. The highest BCUT2D eigenvalue weighted by Crippen LogP contribution is 2.51. The predicted octanol–water partition coefficient (Wildman–Crippen LogP) is 10.8. The van der Waals surface area contributed by atoms with Gasteiger partial charge in [0.25, 0.3) is 0 Å². The van der Waals surface area contributed by atoms with Crippen LogP contribution in [0, 0.1) is 0 Å². The van der Waals surface area contributed by atoms with E-state index in [9.17, 15) is 0 Å². The van der Waals surface area contributed by atoms with E-state index in [1.807, 2.05) is 6.07 Å². The lowest BCUT2D eigenvalue weighted by Gasteiger charge is -2.15. The zero-order chi connectivity index (χ0) is 25.9. The van der Waals surface area contributed by atoms with Gasteiger partial charge in [-0.1, -0.05) is 125 Å². The maximum Gasteiger partial charge on any atom is 0.139 e. The second kappa shape index (κ2) is 8.83. The first-order valence-corrected chi connectivity index (χ1v) is 14.0. The molecule has 0 aliphatic heterocycles. The molecule has 1 unspecified atom stereocenters. The van der Waals surface area contributed by atoms with Crippen LogP contribution in [0.4, 0.5) is 0 Å². The van der Waals surface area contributed by atoms with Gasteiger partial charge < -0.3 is 4.42 Å². The second-order valence-corrected chi connectivity index (χ2v) is 11.1. The van der Waals surface area contributed by atoms with Crippen LogP contribution in [0.1, 0.15) is 22.6 Å². The van der Waals surface area contributed by atoms with Crippen LogP contribution in [-0.4, -0.2) is 0 Å².